The lowest BCUT2D eigenvalue weighted by Crippen LogP contribution is -2.20. The van der Waals surface area contributed by atoms with Gasteiger partial charge in [-0.25, -0.2) is 0 Å². The van der Waals surface area contributed by atoms with Crippen LogP contribution in [0.1, 0.15) is 54.4 Å². The van der Waals surface area contributed by atoms with Crippen molar-refractivity contribution in [1.29, 1.82) is 0 Å². The molecule has 0 aromatic carbocycles. The molecule has 0 atom stereocenters. The van der Waals surface area contributed by atoms with E-state index in [1.165, 1.54) is 0 Å². The van der Waals surface area contributed by atoms with Gasteiger partial charge in [0.1, 0.15) is 0 Å². The van der Waals surface area contributed by atoms with Crippen molar-refractivity contribution in [3.05, 3.63) is 0 Å². The molecule has 15 heavy (non-hydrogen) atoms. The monoisotopic (exact) mass is 254 g/mol. The van der Waals surface area contributed by atoms with Crippen molar-refractivity contribution in [1.82, 2.24) is 0 Å². The minimum absolute atomic E-state index is 0.161. The second kappa shape index (κ2) is 7.01. The fourth-order valence-corrected chi connectivity index (χ4v) is 1.26. The lowest BCUT2D eigenvalue weighted by Gasteiger charge is -2.22. The van der Waals surface area contributed by atoms with Crippen molar-refractivity contribution >= 4 is 24.6 Å². The van der Waals surface area contributed by atoms with Crippen molar-refractivity contribution in [3.63, 3.8) is 0 Å². The highest BCUT2D eigenvalue weighted by Gasteiger charge is 2.19. The zero-order valence-electron chi connectivity index (χ0n) is 10.5. The first-order chi connectivity index (χ1) is 6.83. The lowest BCUT2D eigenvalue weighted by atomic mass is 10.1. The summed E-state index contributed by atoms with van der Waals surface area (Å²) in [5.74, 6) is 0. The molecular formula is C10H22O3S2. The Morgan fingerprint density at radius 1 is 0.800 bits per heavy atom. The molecule has 0 aliphatic carbocycles. The third-order valence-electron chi connectivity index (χ3n) is 2.28. The highest BCUT2D eigenvalue weighted by molar-refractivity contribution is 8.03. The van der Waals surface area contributed by atoms with Gasteiger partial charge in [-0.1, -0.05) is 13.8 Å². The quantitative estimate of drug-likeness (QED) is 0.468. The highest BCUT2D eigenvalue weighted by Crippen LogP contribution is 2.29. The van der Waals surface area contributed by atoms with Crippen LogP contribution < -0.4 is 0 Å². The molecule has 0 bridgehead atoms. The summed E-state index contributed by atoms with van der Waals surface area (Å²) in [6, 6.07) is 0. The maximum atomic E-state index is 5.42. The van der Waals surface area contributed by atoms with E-state index >= 15 is 0 Å². The molecule has 0 radical (unpaired) electrons. The van der Waals surface area contributed by atoms with Gasteiger partial charge in [0.15, 0.2) is 24.6 Å². The fraction of sp³-hybridized carbons (Fsp3) is 1.00. The molecule has 0 rings (SSSR count). The van der Waals surface area contributed by atoms with Gasteiger partial charge in [0.25, 0.3) is 0 Å². The predicted octanol–water partition coefficient (Wildman–Crippen LogP) is 4.54. The lowest BCUT2D eigenvalue weighted by molar-refractivity contribution is 0.116. The Hall–Kier alpha value is 0.580. The Balaban J connectivity index is 3.48. The Kier molecular flexibility index (Phi) is 7.28. The minimum Gasteiger partial charge on any atom is -0.285 e. The summed E-state index contributed by atoms with van der Waals surface area (Å²) < 4.78 is 15.9. The summed E-state index contributed by atoms with van der Waals surface area (Å²) >= 11 is 1.95. The number of hydrogen-bond acceptors (Lipinski definition) is 5. The molecule has 0 heterocycles. The van der Waals surface area contributed by atoms with Crippen LogP contribution in [0.25, 0.3) is 0 Å². The molecule has 0 aliphatic rings. The molecule has 0 unspecified atom stereocenters. The van der Waals surface area contributed by atoms with Crippen LogP contribution in [-0.4, -0.2) is 11.2 Å². The van der Waals surface area contributed by atoms with Crippen LogP contribution in [0, 0.1) is 0 Å². The van der Waals surface area contributed by atoms with E-state index in [1.807, 2.05) is 27.7 Å². The van der Waals surface area contributed by atoms with E-state index in [9.17, 15) is 0 Å². The Labute approximate surface area is 102 Å². The van der Waals surface area contributed by atoms with Crippen LogP contribution >= 0.6 is 24.6 Å². The topological polar surface area (TPSA) is 27.7 Å². The van der Waals surface area contributed by atoms with Gasteiger partial charge in [0.05, 0.1) is 11.2 Å². The van der Waals surface area contributed by atoms with Crippen molar-refractivity contribution < 1.29 is 12.0 Å². The first kappa shape index (κ1) is 15.6. The van der Waals surface area contributed by atoms with Crippen LogP contribution in [0.2, 0.25) is 0 Å². The molecular weight excluding hydrogens is 232 g/mol. The smallest absolute Gasteiger partial charge is 0.174 e. The van der Waals surface area contributed by atoms with E-state index in [-0.39, 0.29) is 11.2 Å². The normalized spacial score (nSPS) is 13.2. The molecule has 3 nitrogen and oxygen atoms in total. The highest BCUT2D eigenvalue weighted by atomic mass is 32.3. The molecule has 0 aromatic heterocycles. The van der Waals surface area contributed by atoms with E-state index in [4.69, 9.17) is 12.0 Å². The van der Waals surface area contributed by atoms with Gasteiger partial charge in [-0.2, -0.15) is 3.63 Å². The summed E-state index contributed by atoms with van der Waals surface area (Å²) in [5.41, 5.74) is -0.322. The predicted molar refractivity (Wildman–Crippen MR) is 67.2 cm³/mol. The van der Waals surface area contributed by atoms with Crippen LogP contribution in [0.15, 0.2) is 0 Å². The molecule has 0 saturated heterocycles. The van der Waals surface area contributed by atoms with E-state index in [0.717, 1.165) is 37.5 Å². The van der Waals surface area contributed by atoms with Crippen molar-refractivity contribution in [2.24, 2.45) is 0 Å². The molecule has 0 spiro atoms. The van der Waals surface area contributed by atoms with Gasteiger partial charge in [-0.15, -0.1) is 0 Å². The summed E-state index contributed by atoms with van der Waals surface area (Å²) in [6.45, 7) is 12.2. The first-order valence-corrected chi connectivity index (χ1v) is 6.53. The molecule has 0 aromatic rings. The van der Waals surface area contributed by atoms with Crippen molar-refractivity contribution in [2.75, 3.05) is 0 Å². The largest absolute Gasteiger partial charge is 0.285 e. The van der Waals surface area contributed by atoms with Gasteiger partial charge >= 0.3 is 0 Å². The fourth-order valence-electron chi connectivity index (χ4n) is 0.341. The van der Waals surface area contributed by atoms with Gasteiger partial charge in [-0.05, 0) is 40.5 Å². The molecule has 0 amide bonds. The molecule has 0 aliphatic heterocycles. The third-order valence-corrected chi connectivity index (χ3v) is 3.76. The van der Waals surface area contributed by atoms with E-state index in [0.29, 0.717) is 0 Å². The van der Waals surface area contributed by atoms with Crippen LogP contribution in [0.4, 0.5) is 0 Å². The summed E-state index contributed by atoms with van der Waals surface area (Å²) in [6.07, 6.45) is 1.88. The van der Waals surface area contributed by atoms with E-state index in [1.54, 1.807) is 0 Å². The van der Waals surface area contributed by atoms with Gasteiger partial charge < -0.3 is 0 Å². The average Bonchev–Trinajstić information content (AvgIpc) is 2.17. The Morgan fingerprint density at radius 3 is 1.40 bits per heavy atom. The third kappa shape index (κ3) is 8.39. The standard InChI is InChI=1S/C10H22O3S2/c1-7-9(3,4)11-14-13-15-12-10(5,6)8-2/h7-8H2,1-6H3. The van der Waals surface area contributed by atoms with Crippen LogP contribution in [0.5, 0.6) is 0 Å². The average molecular weight is 254 g/mol. The van der Waals surface area contributed by atoms with Gasteiger partial charge in [-0.3, -0.25) is 8.37 Å². The first-order valence-electron chi connectivity index (χ1n) is 5.20. The SMILES string of the molecule is CCC(C)(C)OSOSOC(C)(C)CC. The Bertz CT molecular complexity index is 154. The number of rotatable bonds is 8. The minimum atomic E-state index is -0.161. The van der Waals surface area contributed by atoms with E-state index in [2.05, 4.69) is 13.8 Å². The van der Waals surface area contributed by atoms with Crippen molar-refractivity contribution in [3.8, 4) is 0 Å². The van der Waals surface area contributed by atoms with Gasteiger partial charge in [0.2, 0.25) is 0 Å². The summed E-state index contributed by atoms with van der Waals surface area (Å²) in [4.78, 5) is 0. The second-order valence-electron chi connectivity index (χ2n) is 4.60. The zero-order valence-corrected chi connectivity index (χ0v) is 12.1. The molecule has 0 fully saturated rings. The van der Waals surface area contributed by atoms with Crippen LogP contribution in [-0.2, 0) is 12.0 Å². The maximum absolute atomic E-state index is 5.42. The molecule has 0 N–H and O–H groups in total. The van der Waals surface area contributed by atoms with E-state index < -0.39 is 0 Å². The molecule has 92 valence electrons. The molecule has 0 saturated carbocycles. The number of hydrogen-bond donors (Lipinski definition) is 0. The van der Waals surface area contributed by atoms with Crippen LogP contribution in [0.3, 0.4) is 0 Å². The van der Waals surface area contributed by atoms with Gasteiger partial charge in [0, 0.05) is 0 Å². The molecule has 5 heteroatoms. The Morgan fingerprint density at radius 2 is 1.13 bits per heavy atom. The summed E-state index contributed by atoms with van der Waals surface area (Å²) in [7, 11) is 0. The maximum Gasteiger partial charge on any atom is 0.174 e. The summed E-state index contributed by atoms with van der Waals surface area (Å²) in [5, 5.41) is 0. The van der Waals surface area contributed by atoms with Crippen molar-refractivity contribution in [2.45, 2.75) is 65.6 Å². The zero-order chi connectivity index (χ0) is 11.9. The second-order valence-corrected chi connectivity index (χ2v) is 5.75.